The topological polar surface area (TPSA) is 85.7 Å². The SMILES string of the molecule is Cc1ccc(F)cc1NC(=O)Cn1nc2c3cc(-c4ccc(F)cc4)nn3ccn2c1=O. The lowest BCUT2D eigenvalue weighted by Crippen LogP contribution is -2.28. The zero-order valence-electron chi connectivity index (χ0n) is 16.8. The molecular weight excluding hydrogens is 418 g/mol. The third-order valence-electron chi connectivity index (χ3n) is 5.10. The van der Waals surface area contributed by atoms with Gasteiger partial charge in [-0.15, -0.1) is 5.10 Å². The van der Waals surface area contributed by atoms with Crippen LogP contribution >= 0.6 is 0 Å². The molecule has 0 saturated heterocycles. The maximum Gasteiger partial charge on any atom is 0.350 e. The number of hydrogen-bond donors (Lipinski definition) is 1. The van der Waals surface area contributed by atoms with Gasteiger partial charge in [0.15, 0.2) is 5.65 Å². The molecule has 160 valence electrons. The smallest absolute Gasteiger partial charge is 0.324 e. The molecule has 0 bridgehead atoms. The fourth-order valence-electron chi connectivity index (χ4n) is 3.45. The number of nitrogens with zero attached hydrogens (tertiary/aromatic N) is 5. The fourth-order valence-corrected chi connectivity index (χ4v) is 3.45. The number of fused-ring (bicyclic) bond motifs is 3. The third-order valence-corrected chi connectivity index (χ3v) is 5.10. The molecule has 10 heteroatoms. The first-order valence-electron chi connectivity index (χ1n) is 9.68. The third kappa shape index (κ3) is 3.41. The predicted molar refractivity (Wildman–Crippen MR) is 113 cm³/mol. The molecule has 0 aliphatic heterocycles. The summed E-state index contributed by atoms with van der Waals surface area (Å²) in [5.74, 6) is -1.34. The highest BCUT2D eigenvalue weighted by molar-refractivity contribution is 5.91. The van der Waals surface area contributed by atoms with Gasteiger partial charge in [-0.2, -0.15) is 5.10 Å². The molecule has 2 aromatic carbocycles. The predicted octanol–water partition coefficient (Wildman–Crippen LogP) is 3.04. The van der Waals surface area contributed by atoms with Crippen molar-refractivity contribution < 1.29 is 13.6 Å². The number of hydrogen-bond acceptors (Lipinski definition) is 4. The first kappa shape index (κ1) is 19.6. The zero-order valence-corrected chi connectivity index (χ0v) is 16.8. The molecule has 0 atom stereocenters. The Hall–Kier alpha value is -4.34. The number of benzene rings is 2. The van der Waals surface area contributed by atoms with Crippen molar-refractivity contribution >= 4 is 22.8 Å². The van der Waals surface area contributed by atoms with Gasteiger partial charge in [0.2, 0.25) is 5.91 Å². The molecule has 3 heterocycles. The number of carbonyl (C=O) groups is 1. The van der Waals surface area contributed by atoms with Gasteiger partial charge in [0.25, 0.3) is 0 Å². The molecule has 3 aromatic heterocycles. The molecule has 32 heavy (non-hydrogen) atoms. The Bertz CT molecular complexity index is 1550. The zero-order chi connectivity index (χ0) is 22.4. The minimum atomic E-state index is -0.513. The van der Waals surface area contributed by atoms with Crippen LogP contribution in [0.2, 0.25) is 0 Å². The molecule has 0 aliphatic rings. The molecule has 0 aliphatic carbocycles. The van der Waals surface area contributed by atoms with Crippen LogP contribution in [0.25, 0.3) is 22.4 Å². The lowest BCUT2D eigenvalue weighted by atomic mass is 10.1. The van der Waals surface area contributed by atoms with E-state index in [2.05, 4.69) is 15.5 Å². The molecule has 1 N–H and O–H groups in total. The van der Waals surface area contributed by atoms with E-state index < -0.39 is 17.4 Å². The first-order valence-corrected chi connectivity index (χ1v) is 9.68. The Labute approximate surface area is 179 Å². The van der Waals surface area contributed by atoms with E-state index in [0.29, 0.717) is 33.7 Å². The van der Waals surface area contributed by atoms with E-state index in [4.69, 9.17) is 0 Å². The van der Waals surface area contributed by atoms with Gasteiger partial charge < -0.3 is 5.32 Å². The molecule has 5 aromatic rings. The van der Waals surface area contributed by atoms with Crippen molar-refractivity contribution in [1.82, 2.24) is 23.8 Å². The summed E-state index contributed by atoms with van der Waals surface area (Å²) in [4.78, 5) is 25.2. The largest absolute Gasteiger partial charge is 0.350 e. The first-order chi connectivity index (χ1) is 15.4. The van der Waals surface area contributed by atoms with Gasteiger partial charge in [-0.25, -0.2) is 27.2 Å². The Kier molecular flexibility index (Phi) is 4.54. The summed E-state index contributed by atoms with van der Waals surface area (Å²) in [5, 5.41) is 11.3. The Morgan fingerprint density at radius 1 is 1.00 bits per heavy atom. The van der Waals surface area contributed by atoms with Crippen LogP contribution in [0, 0.1) is 18.6 Å². The van der Waals surface area contributed by atoms with Crippen LogP contribution in [-0.2, 0) is 11.3 Å². The van der Waals surface area contributed by atoms with Crippen LogP contribution in [-0.4, -0.2) is 29.7 Å². The Balaban J connectivity index is 1.49. The van der Waals surface area contributed by atoms with Crippen molar-refractivity contribution in [2.45, 2.75) is 13.5 Å². The maximum atomic E-state index is 13.5. The average molecular weight is 434 g/mol. The summed E-state index contributed by atoms with van der Waals surface area (Å²) < 4.78 is 30.6. The van der Waals surface area contributed by atoms with E-state index in [-0.39, 0.29) is 12.4 Å². The molecule has 0 radical (unpaired) electrons. The molecule has 0 spiro atoms. The van der Waals surface area contributed by atoms with Crippen molar-refractivity contribution in [1.29, 1.82) is 0 Å². The van der Waals surface area contributed by atoms with E-state index in [1.165, 1.54) is 34.9 Å². The summed E-state index contributed by atoms with van der Waals surface area (Å²) in [6.07, 6.45) is 3.10. The van der Waals surface area contributed by atoms with Gasteiger partial charge in [0.05, 0.1) is 5.69 Å². The molecule has 8 nitrogen and oxygen atoms in total. The summed E-state index contributed by atoms with van der Waals surface area (Å²) in [7, 11) is 0. The number of halogens is 2. The van der Waals surface area contributed by atoms with Crippen LogP contribution in [0.4, 0.5) is 14.5 Å². The summed E-state index contributed by atoms with van der Waals surface area (Å²) in [6, 6.07) is 11.7. The second-order valence-corrected chi connectivity index (χ2v) is 7.31. The van der Waals surface area contributed by atoms with E-state index in [1.807, 2.05) is 0 Å². The number of nitrogens with one attached hydrogen (secondary N) is 1. The van der Waals surface area contributed by atoms with Crippen molar-refractivity contribution in [3.05, 3.63) is 88.6 Å². The number of aryl methyl sites for hydroxylation is 1. The number of rotatable bonds is 4. The van der Waals surface area contributed by atoms with Crippen LogP contribution < -0.4 is 11.0 Å². The van der Waals surface area contributed by atoms with Crippen LogP contribution in [0.5, 0.6) is 0 Å². The minimum absolute atomic E-state index is 0.313. The van der Waals surface area contributed by atoms with Crippen LogP contribution in [0.1, 0.15) is 5.56 Å². The Morgan fingerprint density at radius 3 is 2.53 bits per heavy atom. The number of anilines is 1. The van der Waals surface area contributed by atoms with E-state index >= 15 is 0 Å². The van der Waals surface area contributed by atoms with Crippen molar-refractivity contribution in [3.63, 3.8) is 0 Å². The van der Waals surface area contributed by atoms with Crippen molar-refractivity contribution in [3.8, 4) is 11.3 Å². The summed E-state index contributed by atoms with van der Waals surface area (Å²) >= 11 is 0. The van der Waals surface area contributed by atoms with Crippen molar-refractivity contribution in [2.24, 2.45) is 0 Å². The van der Waals surface area contributed by atoms with Gasteiger partial charge in [0, 0.05) is 23.6 Å². The second-order valence-electron chi connectivity index (χ2n) is 7.31. The summed E-state index contributed by atoms with van der Waals surface area (Å²) in [6.45, 7) is 1.39. The van der Waals surface area contributed by atoms with Gasteiger partial charge >= 0.3 is 5.69 Å². The standard InChI is InChI=1S/C22H16F2N6O2/c1-13-2-5-16(24)10-17(13)25-20(31)12-30-22(32)28-8-9-29-19(21(28)27-30)11-18(26-29)14-3-6-15(23)7-4-14/h2-11H,12H2,1H3,(H,25,31). The fraction of sp³-hybridized carbons (Fsp3) is 0.0909. The minimum Gasteiger partial charge on any atom is -0.324 e. The maximum absolute atomic E-state index is 13.5. The van der Waals surface area contributed by atoms with E-state index in [0.717, 1.165) is 4.68 Å². The molecule has 1 amide bonds. The molecule has 0 saturated carbocycles. The summed E-state index contributed by atoms with van der Waals surface area (Å²) in [5.41, 5.74) is 2.67. The van der Waals surface area contributed by atoms with Gasteiger partial charge in [-0.05, 0) is 55.0 Å². The van der Waals surface area contributed by atoms with E-state index in [9.17, 15) is 18.4 Å². The average Bonchev–Trinajstić information content (AvgIpc) is 3.33. The Morgan fingerprint density at radius 2 is 1.75 bits per heavy atom. The normalized spacial score (nSPS) is 11.3. The second kappa shape index (κ2) is 7.41. The highest BCUT2D eigenvalue weighted by atomic mass is 19.1. The lowest BCUT2D eigenvalue weighted by Gasteiger charge is -2.07. The molecular formula is C22H16F2N6O2. The molecule has 5 rings (SSSR count). The number of amides is 1. The number of carbonyl (C=O) groups excluding carboxylic acids is 1. The van der Waals surface area contributed by atoms with Crippen molar-refractivity contribution in [2.75, 3.05) is 5.32 Å². The molecule has 0 unspecified atom stereocenters. The van der Waals surface area contributed by atoms with E-state index in [1.54, 1.807) is 41.9 Å². The highest BCUT2D eigenvalue weighted by Crippen LogP contribution is 2.21. The van der Waals surface area contributed by atoms with Crippen LogP contribution in [0.15, 0.2) is 65.7 Å². The highest BCUT2D eigenvalue weighted by Gasteiger charge is 2.16. The quantitative estimate of drug-likeness (QED) is 0.471. The lowest BCUT2D eigenvalue weighted by molar-refractivity contribution is -0.117. The van der Waals surface area contributed by atoms with Gasteiger partial charge in [0.1, 0.15) is 23.7 Å². The van der Waals surface area contributed by atoms with Crippen LogP contribution in [0.3, 0.4) is 0 Å². The van der Waals surface area contributed by atoms with Gasteiger partial charge in [-0.1, -0.05) is 6.07 Å². The molecule has 0 fully saturated rings. The van der Waals surface area contributed by atoms with Gasteiger partial charge in [-0.3, -0.25) is 4.79 Å². The number of aromatic nitrogens is 5. The monoisotopic (exact) mass is 434 g/mol.